The van der Waals surface area contributed by atoms with Gasteiger partial charge in [-0.2, -0.15) is 0 Å². The largest absolute Gasteiger partial charge is 0.489 e. The molecule has 6 atom stereocenters. The molecule has 0 aromatic heterocycles. The van der Waals surface area contributed by atoms with Crippen LogP contribution in [-0.4, -0.2) is 24.1 Å². The minimum atomic E-state index is -0.366. The van der Waals surface area contributed by atoms with Gasteiger partial charge in [0.1, 0.15) is 24.6 Å². The minimum Gasteiger partial charge on any atom is -0.489 e. The average Bonchev–Trinajstić information content (AvgIpc) is 3.08. The topological polar surface area (TPSA) is 61.8 Å². The molecule has 0 aliphatic heterocycles. The van der Waals surface area contributed by atoms with E-state index in [9.17, 15) is 9.59 Å². The Hall–Kier alpha value is -2.82. The lowest BCUT2D eigenvalue weighted by Gasteiger charge is -2.50. The highest BCUT2D eigenvalue weighted by Crippen LogP contribution is 2.62. The van der Waals surface area contributed by atoms with E-state index in [0.717, 1.165) is 43.4 Å². The fourth-order valence-corrected chi connectivity index (χ4v) is 7.05. The van der Waals surface area contributed by atoms with Crippen LogP contribution < -0.4 is 4.74 Å². The van der Waals surface area contributed by atoms with Crippen molar-refractivity contribution in [2.45, 2.75) is 77.6 Å². The van der Waals surface area contributed by atoms with Gasteiger partial charge in [0.25, 0.3) is 0 Å². The van der Waals surface area contributed by atoms with Gasteiger partial charge in [-0.3, -0.25) is 9.59 Å². The third-order valence-electron chi connectivity index (χ3n) is 8.47. The molecule has 2 saturated carbocycles. The summed E-state index contributed by atoms with van der Waals surface area (Å²) in [5.41, 5.74) is 3.83. The molecule has 5 nitrogen and oxygen atoms in total. The standard InChI is InChI=1S/C29H34O5/c1-18(30)33-27-16-26-25-11-9-21-15-22(32-17-20-7-5-4-6-8-20)10-12-23(21)24(25)13-14-29(26,3)28(27)34-19(2)31/h4-8,10,12,15,24-28H,9,11,13-14,16-17H2,1-3H3/t24?,25?,26?,27-,28+,29+/m1/s1. The second kappa shape index (κ2) is 9.09. The minimum absolute atomic E-state index is 0.163. The summed E-state index contributed by atoms with van der Waals surface area (Å²) in [6.45, 7) is 5.69. The first-order valence-corrected chi connectivity index (χ1v) is 12.5. The highest BCUT2D eigenvalue weighted by Gasteiger charge is 2.61. The molecule has 0 saturated heterocycles. The van der Waals surface area contributed by atoms with Crippen LogP contribution >= 0.6 is 0 Å². The van der Waals surface area contributed by atoms with Gasteiger partial charge < -0.3 is 14.2 Å². The normalized spacial score (nSPS) is 31.6. The van der Waals surface area contributed by atoms with Crippen LogP contribution in [0.3, 0.4) is 0 Å². The first-order valence-electron chi connectivity index (χ1n) is 12.5. The van der Waals surface area contributed by atoms with Crippen LogP contribution in [0.4, 0.5) is 0 Å². The maximum Gasteiger partial charge on any atom is 0.303 e. The Morgan fingerprint density at radius 1 is 1.00 bits per heavy atom. The van der Waals surface area contributed by atoms with Crippen molar-refractivity contribution in [2.75, 3.05) is 0 Å². The van der Waals surface area contributed by atoms with Gasteiger partial charge in [0.05, 0.1) is 0 Å². The average molecular weight is 463 g/mol. The summed E-state index contributed by atoms with van der Waals surface area (Å²) >= 11 is 0. The molecule has 0 radical (unpaired) electrons. The van der Waals surface area contributed by atoms with Crippen molar-refractivity contribution in [1.82, 2.24) is 0 Å². The smallest absolute Gasteiger partial charge is 0.303 e. The Morgan fingerprint density at radius 2 is 1.76 bits per heavy atom. The predicted octanol–water partition coefficient (Wildman–Crippen LogP) is 5.60. The number of carbonyl (C=O) groups excluding carboxylic acids is 2. The number of hydrogen-bond donors (Lipinski definition) is 0. The van der Waals surface area contributed by atoms with E-state index in [1.54, 1.807) is 0 Å². The van der Waals surface area contributed by atoms with Crippen LogP contribution in [0, 0.1) is 17.3 Å². The number of esters is 2. The van der Waals surface area contributed by atoms with Crippen molar-refractivity contribution in [3.05, 3.63) is 65.2 Å². The molecule has 0 amide bonds. The van der Waals surface area contributed by atoms with E-state index in [4.69, 9.17) is 14.2 Å². The van der Waals surface area contributed by atoms with Gasteiger partial charge in [-0.15, -0.1) is 0 Å². The van der Waals surface area contributed by atoms with Crippen LogP contribution in [0.1, 0.15) is 69.1 Å². The molecule has 0 bridgehead atoms. The summed E-state index contributed by atoms with van der Waals surface area (Å²) in [6, 6.07) is 16.8. The lowest BCUT2D eigenvalue weighted by molar-refractivity contribution is -0.171. The third-order valence-corrected chi connectivity index (χ3v) is 8.47. The first-order chi connectivity index (χ1) is 16.3. The number of hydrogen-bond acceptors (Lipinski definition) is 5. The van der Waals surface area contributed by atoms with Gasteiger partial charge in [0.15, 0.2) is 0 Å². The van der Waals surface area contributed by atoms with Crippen molar-refractivity contribution in [3.8, 4) is 5.75 Å². The van der Waals surface area contributed by atoms with Crippen LogP contribution in [-0.2, 0) is 32.1 Å². The SMILES string of the molecule is CC(=O)O[C@@H]1CC2C3CCc4cc(OCc5ccccc5)ccc4C3CC[C@]2(C)[C@H]1OC(C)=O. The summed E-state index contributed by atoms with van der Waals surface area (Å²) in [5, 5.41) is 0. The molecule has 2 aromatic carbocycles. The van der Waals surface area contributed by atoms with Crippen LogP contribution in [0.2, 0.25) is 0 Å². The molecule has 0 heterocycles. The molecule has 3 aliphatic rings. The maximum absolute atomic E-state index is 11.9. The van der Waals surface area contributed by atoms with Gasteiger partial charge in [0.2, 0.25) is 0 Å². The fourth-order valence-electron chi connectivity index (χ4n) is 7.05. The molecule has 3 aliphatic carbocycles. The molecule has 2 aromatic rings. The van der Waals surface area contributed by atoms with E-state index < -0.39 is 0 Å². The number of carbonyl (C=O) groups is 2. The zero-order chi connectivity index (χ0) is 23.9. The van der Waals surface area contributed by atoms with Crippen molar-refractivity contribution < 1.29 is 23.8 Å². The molecule has 0 spiro atoms. The molecule has 2 fully saturated rings. The highest BCUT2D eigenvalue weighted by molar-refractivity contribution is 5.67. The zero-order valence-corrected chi connectivity index (χ0v) is 20.3. The Bertz CT molecular complexity index is 1060. The summed E-state index contributed by atoms with van der Waals surface area (Å²) in [5.74, 6) is 1.66. The van der Waals surface area contributed by atoms with Gasteiger partial charge in [0, 0.05) is 19.3 Å². The first kappa shape index (κ1) is 22.9. The van der Waals surface area contributed by atoms with Crippen molar-refractivity contribution in [3.63, 3.8) is 0 Å². The third kappa shape index (κ3) is 4.21. The van der Waals surface area contributed by atoms with Gasteiger partial charge in [-0.25, -0.2) is 0 Å². The predicted molar refractivity (Wildman–Crippen MR) is 128 cm³/mol. The van der Waals surface area contributed by atoms with Gasteiger partial charge in [-0.1, -0.05) is 43.3 Å². The second-order valence-corrected chi connectivity index (χ2v) is 10.5. The summed E-state index contributed by atoms with van der Waals surface area (Å²) in [6.07, 6.45) is 4.17. The van der Waals surface area contributed by atoms with Crippen molar-refractivity contribution in [1.29, 1.82) is 0 Å². The maximum atomic E-state index is 11.9. The quantitative estimate of drug-likeness (QED) is 0.542. The molecule has 180 valence electrons. The number of fused-ring (bicyclic) bond motifs is 5. The Morgan fingerprint density at radius 3 is 2.50 bits per heavy atom. The van der Waals surface area contributed by atoms with E-state index in [1.165, 1.54) is 25.0 Å². The number of benzene rings is 2. The highest BCUT2D eigenvalue weighted by atomic mass is 16.6. The van der Waals surface area contributed by atoms with Crippen molar-refractivity contribution in [2.24, 2.45) is 17.3 Å². The van der Waals surface area contributed by atoms with E-state index in [2.05, 4.69) is 37.3 Å². The Labute approximate surface area is 201 Å². The second-order valence-electron chi connectivity index (χ2n) is 10.5. The number of ether oxygens (including phenoxy) is 3. The number of aryl methyl sites for hydroxylation is 1. The van der Waals surface area contributed by atoms with E-state index in [1.807, 2.05) is 18.2 Å². The van der Waals surface area contributed by atoms with Crippen LogP contribution in [0.25, 0.3) is 0 Å². The molecular formula is C29H34O5. The molecule has 0 N–H and O–H groups in total. The Kier molecular flexibility index (Phi) is 6.13. The monoisotopic (exact) mass is 462 g/mol. The lowest BCUT2D eigenvalue weighted by atomic mass is 9.55. The Balaban J connectivity index is 1.35. The molecule has 34 heavy (non-hydrogen) atoms. The molecule has 5 heteroatoms. The van der Waals surface area contributed by atoms with Crippen LogP contribution in [0.5, 0.6) is 5.75 Å². The number of rotatable bonds is 5. The molecule has 3 unspecified atom stereocenters. The fraction of sp³-hybridized carbons (Fsp3) is 0.517. The zero-order valence-electron chi connectivity index (χ0n) is 20.3. The summed E-state index contributed by atoms with van der Waals surface area (Å²) in [7, 11) is 0. The summed E-state index contributed by atoms with van der Waals surface area (Å²) < 4.78 is 17.6. The lowest BCUT2D eigenvalue weighted by Crippen LogP contribution is -2.46. The van der Waals surface area contributed by atoms with E-state index >= 15 is 0 Å². The van der Waals surface area contributed by atoms with Crippen molar-refractivity contribution >= 4 is 11.9 Å². The van der Waals surface area contributed by atoms with E-state index in [0.29, 0.717) is 24.4 Å². The van der Waals surface area contributed by atoms with Gasteiger partial charge >= 0.3 is 11.9 Å². The van der Waals surface area contributed by atoms with Crippen LogP contribution in [0.15, 0.2) is 48.5 Å². The summed E-state index contributed by atoms with van der Waals surface area (Å²) in [4.78, 5) is 23.7. The molecular weight excluding hydrogens is 428 g/mol. The molecule has 5 rings (SSSR count). The van der Waals surface area contributed by atoms with Gasteiger partial charge in [-0.05, 0) is 78.7 Å². The van der Waals surface area contributed by atoms with E-state index in [-0.39, 0.29) is 29.6 Å².